The smallest absolute Gasteiger partial charge is 0.128 e. The van der Waals surface area contributed by atoms with Crippen LogP contribution in [0.2, 0.25) is 0 Å². The van der Waals surface area contributed by atoms with Gasteiger partial charge in [-0.3, -0.25) is 4.98 Å². The zero-order valence-electron chi connectivity index (χ0n) is 14.5. The van der Waals surface area contributed by atoms with E-state index in [-0.39, 0.29) is 6.04 Å². The van der Waals surface area contributed by atoms with Crippen LogP contribution in [0.1, 0.15) is 22.6 Å². The standard InChI is InChI=1S/C20H24N2O2/c1-14-12-21-19(15(2)20(14)23-3)13-22-18-9-5-4-7-16(18)11-17-8-6-10-24-17/h4-10,12,16,18,22H,11,13H2,1-3H3. The molecule has 1 aliphatic carbocycles. The lowest BCUT2D eigenvalue weighted by Gasteiger charge is -2.25. The fourth-order valence-electron chi connectivity index (χ4n) is 3.19. The highest BCUT2D eigenvalue weighted by atomic mass is 16.5. The molecule has 2 atom stereocenters. The molecule has 3 rings (SSSR count). The summed E-state index contributed by atoms with van der Waals surface area (Å²) in [5, 5.41) is 3.61. The Labute approximate surface area is 143 Å². The van der Waals surface area contributed by atoms with Crippen LogP contribution in [-0.2, 0) is 13.0 Å². The molecule has 0 amide bonds. The minimum Gasteiger partial charge on any atom is -0.496 e. The average molecular weight is 324 g/mol. The largest absolute Gasteiger partial charge is 0.496 e. The SMILES string of the molecule is COc1c(C)cnc(CNC2C=CC=CC2Cc2ccco2)c1C. The van der Waals surface area contributed by atoms with Crippen LogP contribution >= 0.6 is 0 Å². The molecule has 0 spiro atoms. The number of methoxy groups -OCH3 is 1. The van der Waals surface area contributed by atoms with Gasteiger partial charge in [-0.2, -0.15) is 0 Å². The summed E-state index contributed by atoms with van der Waals surface area (Å²) in [6.07, 6.45) is 13.1. The number of aromatic nitrogens is 1. The molecule has 0 saturated heterocycles. The Morgan fingerprint density at radius 3 is 2.83 bits per heavy atom. The third-order valence-electron chi connectivity index (χ3n) is 4.52. The van der Waals surface area contributed by atoms with Crippen molar-refractivity contribution in [1.29, 1.82) is 0 Å². The van der Waals surface area contributed by atoms with Crippen molar-refractivity contribution >= 4 is 0 Å². The third kappa shape index (κ3) is 3.60. The van der Waals surface area contributed by atoms with E-state index in [1.54, 1.807) is 13.4 Å². The molecule has 0 saturated carbocycles. The van der Waals surface area contributed by atoms with Gasteiger partial charge in [-0.1, -0.05) is 24.3 Å². The molecule has 2 heterocycles. The van der Waals surface area contributed by atoms with Crippen LogP contribution in [-0.4, -0.2) is 18.1 Å². The van der Waals surface area contributed by atoms with Crippen molar-refractivity contribution in [2.45, 2.75) is 32.9 Å². The minimum atomic E-state index is 0.258. The van der Waals surface area contributed by atoms with E-state index in [0.717, 1.165) is 34.8 Å². The highest BCUT2D eigenvalue weighted by molar-refractivity contribution is 5.41. The predicted octanol–water partition coefficient (Wildman–Crippen LogP) is 3.74. The second-order valence-corrected chi connectivity index (χ2v) is 6.17. The maximum atomic E-state index is 5.50. The topological polar surface area (TPSA) is 47.3 Å². The highest BCUT2D eigenvalue weighted by Gasteiger charge is 2.20. The number of furan rings is 1. The molecule has 2 aromatic heterocycles. The van der Waals surface area contributed by atoms with E-state index < -0.39 is 0 Å². The van der Waals surface area contributed by atoms with E-state index in [0.29, 0.717) is 12.5 Å². The molecule has 2 aromatic rings. The summed E-state index contributed by atoms with van der Waals surface area (Å²) in [6, 6.07) is 4.22. The first-order chi connectivity index (χ1) is 11.7. The van der Waals surface area contributed by atoms with E-state index >= 15 is 0 Å². The van der Waals surface area contributed by atoms with E-state index in [1.165, 1.54) is 0 Å². The van der Waals surface area contributed by atoms with Gasteiger partial charge in [-0.25, -0.2) is 0 Å². The van der Waals surface area contributed by atoms with Crippen molar-refractivity contribution in [3.63, 3.8) is 0 Å². The number of nitrogens with one attached hydrogen (secondary N) is 1. The van der Waals surface area contributed by atoms with E-state index in [1.807, 2.05) is 25.3 Å². The second-order valence-electron chi connectivity index (χ2n) is 6.17. The third-order valence-corrected chi connectivity index (χ3v) is 4.52. The first-order valence-electron chi connectivity index (χ1n) is 8.29. The average Bonchev–Trinajstić information content (AvgIpc) is 3.09. The Morgan fingerprint density at radius 2 is 2.08 bits per heavy atom. The summed E-state index contributed by atoms with van der Waals surface area (Å²) in [6.45, 7) is 4.79. The van der Waals surface area contributed by atoms with Gasteiger partial charge in [0.05, 0.1) is 19.1 Å². The maximum Gasteiger partial charge on any atom is 0.128 e. The fraction of sp³-hybridized carbons (Fsp3) is 0.350. The minimum absolute atomic E-state index is 0.258. The fourth-order valence-corrected chi connectivity index (χ4v) is 3.19. The van der Waals surface area contributed by atoms with Crippen molar-refractivity contribution in [2.24, 2.45) is 5.92 Å². The maximum absolute atomic E-state index is 5.50. The number of ether oxygens (including phenoxy) is 1. The molecule has 0 bridgehead atoms. The molecule has 0 aliphatic heterocycles. The predicted molar refractivity (Wildman–Crippen MR) is 95.1 cm³/mol. The summed E-state index contributed by atoms with van der Waals surface area (Å²) in [5.41, 5.74) is 3.19. The van der Waals surface area contributed by atoms with Gasteiger partial charge in [-0.15, -0.1) is 0 Å². The van der Waals surface area contributed by atoms with Gasteiger partial charge in [0.1, 0.15) is 11.5 Å². The van der Waals surface area contributed by atoms with Crippen molar-refractivity contribution in [3.8, 4) is 5.75 Å². The van der Waals surface area contributed by atoms with Gasteiger partial charge >= 0.3 is 0 Å². The van der Waals surface area contributed by atoms with E-state index in [2.05, 4.69) is 41.5 Å². The molecule has 1 aliphatic rings. The molecule has 4 nitrogen and oxygen atoms in total. The molecule has 126 valence electrons. The van der Waals surface area contributed by atoms with Gasteiger partial charge in [0, 0.05) is 42.2 Å². The van der Waals surface area contributed by atoms with Gasteiger partial charge < -0.3 is 14.5 Å². The molecular formula is C20H24N2O2. The Kier molecular flexibility index (Phi) is 5.16. The normalized spacial score (nSPS) is 19.6. The summed E-state index contributed by atoms with van der Waals surface area (Å²) in [7, 11) is 1.71. The van der Waals surface area contributed by atoms with Crippen molar-refractivity contribution in [3.05, 3.63) is 71.5 Å². The van der Waals surface area contributed by atoms with E-state index in [4.69, 9.17) is 9.15 Å². The van der Waals surface area contributed by atoms with Crippen LogP contribution in [0, 0.1) is 19.8 Å². The first kappa shape index (κ1) is 16.5. The number of allylic oxidation sites excluding steroid dienone is 2. The number of hydrogen-bond donors (Lipinski definition) is 1. The Balaban J connectivity index is 1.68. The number of pyridine rings is 1. The molecule has 0 aromatic carbocycles. The molecule has 0 fully saturated rings. The van der Waals surface area contributed by atoms with Crippen LogP contribution in [0.15, 0.2) is 53.3 Å². The Morgan fingerprint density at radius 1 is 1.25 bits per heavy atom. The molecular weight excluding hydrogens is 300 g/mol. The zero-order chi connectivity index (χ0) is 16.9. The summed E-state index contributed by atoms with van der Waals surface area (Å²) < 4.78 is 11.0. The second kappa shape index (κ2) is 7.49. The van der Waals surface area contributed by atoms with Crippen molar-refractivity contribution < 1.29 is 9.15 Å². The Hall–Kier alpha value is -2.33. The summed E-state index contributed by atoms with van der Waals surface area (Å²) >= 11 is 0. The molecule has 24 heavy (non-hydrogen) atoms. The number of nitrogens with zero attached hydrogens (tertiary/aromatic N) is 1. The summed E-state index contributed by atoms with van der Waals surface area (Å²) in [4.78, 5) is 4.57. The van der Waals surface area contributed by atoms with Crippen molar-refractivity contribution in [2.75, 3.05) is 7.11 Å². The van der Waals surface area contributed by atoms with Crippen molar-refractivity contribution in [1.82, 2.24) is 10.3 Å². The molecule has 2 unspecified atom stereocenters. The lowest BCUT2D eigenvalue weighted by molar-refractivity contribution is 0.402. The van der Waals surface area contributed by atoms with Crippen LogP contribution in [0.5, 0.6) is 5.75 Å². The monoisotopic (exact) mass is 324 g/mol. The van der Waals surface area contributed by atoms with Gasteiger partial charge in [0.15, 0.2) is 0 Å². The molecule has 1 N–H and O–H groups in total. The van der Waals surface area contributed by atoms with Gasteiger partial charge in [-0.05, 0) is 26.0 Å². The zero-order valence-corrected chi connectivity index (χ0v) is 14.5. The Bertz CT molecular complexity index is 732. The quantitative estimate of drug-likeness (QED) is 0.879. The number of aryl methyl sites for hydroxylation is 1. The first-order valence-corrected chi connectivity index (χ1v) is 8.29. The van der Waals surface area contributed by atoms with Crippen LogP contribution in [0.3, 0.4) is 0 Å². The van der Waals surface area contributed by atoms with Crippen LogP contribution in [0.4, 0.5) is 0 Å². The number of rotatable bonds is 6. The van der Waals surface area contributed by atoms with Gasteiger partial charge in [0.25, 0.3) is 0 Å². The molecule has 4 heteroatoms. The van der Waals surface area contributed by atoms with Gasteiger partial charge in [0.2, 0.25) is 0 Å². The lowest BCUT2D eigenvalue weighted by Crippen LogP contribution is -2.35. The highest BCUT2D eigenvalue weighted by Crippen LogP contribution is 2.24. The summed E-state index contributed by atoms with van der Waals surface area (Å²) in [5.74, 6) is 2.31. The lowest BCUT2D eigenvalue weighted by atomic mass is 9.91. The number of hydrogen-bond acceptors (Lipinski definition) is 4. The van der Waals surface area contributed by atoms with Crippen LogP contribution < -0.4 is 10.1 Å². The van der Waals surface area contributed by atoms with Crippen LogP contribution in [0.25, 0.3) is 0 Å². The van der Waals surface area contributed by atoms with E-state index in [9.17, 15) is 0 Å². The molecule has 0 radical (unpaired) electrons.